The Morgan fingerprint density at radius 2 is 0.921 bits per heavy atom. The lowest BCUT2D eigenvalue weighted by molar-refractivity contribution is -0.134. The topological polar surface area (TPSA) is 54.4 Å². The van der Waals surface area contributed by atoms with E-state index in [0.29, 0.717) is 0 Å². The molecule has 182 valence electrons. The molecule has 0 atom stereocenters. The van der Waals surface area contributed by atoms with Gasteiger partial charge in [-0.3, -0.25) is 4.79 Å². The average Bonchev–Trinajstić information content (AvgIpc) is 3.26. The Morgan fingerprint density at radius 3 is 1.29 bits per heavy atom. The molecule has 0 bridgehead atoms. The standard InChI is InChI=1S/C35H24O3/c36-29-21-22-35(23-28(29)34(37)38)32(26-17-9-3-10-18-26)30(24-13-5-1-6-14-24)31(25-15-7-2-8-16-25)33(35)27-19-11-4-12-20-27/h1-23H,(H,37,38). The van der Waals surface area contributed by atoms with Crippen LogP contribution in [-0.2, 0) is 9.59 Å². The molecule has 3 heteroatoms. The van der Waals surface area contributed by atoms with E-state index < -0.39 is 17.2 Å². The number of carbonyl (C=O) groups is 2. The van der Waals surface area contributed by atoms with Crippen molar-refractivity contribution in [3.63, 3.8) is 0 Å². The zero-order valence-corrected chi connectivity index (χ0v) is 20.5. The fraction of sp³-hybridized carbons (Fsp3) is 0.0286. The fourth-order valence-corrected chi connectivity index (χ4v) is 5.67. The second-order valence-electron chi connectivity index (χ2n) is 9.39. The maximum absolute atomic E-state index is 12.8. The van der Waals surface area contributed by atoms with Gasteiger partial charge < -0.3 is 5.11 Å². The summed E-state index contributed by atoms with van der Waals surface area (Å²) in [7, 11) is 0. The van der Waals surface area contributed by atoms with Gasteiger partial charge in [0.2, 0.25) is 0 Å². The predicted octanol–water partition coefficient (Wildman–Crippen LogP) is 7.36. The summed E-state index contributed by atoms with van der Waals surface area (Å²) >= 11 is 0. The van der Waals surface area contributed by atoms with Crippen LogP contribution >= 0.6 is 0 Å². The van der Waals surface area contributed by atoms with E-state index in [1.807, 2.05) is 78.9 Å². The van der Waals surface area contributed by atoms with Gasteiger partial charge in [0.15, 0.2) is 5.78 Å². The van der Waals surface area contributed by atoms with Crippen LogP contribution in [0.1, 0.15) is 22.3 Å². The first-order chi connectivity index (χ1) is 18.6. The number of carbonyl (C=O) groups excluding carboxylic acids is 1. The molecule has 0 aliphatic heterocycles. The highest BCUT2D eigenvalue weighted by Crippen LogP contribution is 2.63. The van der Waals surface area contributed by atoms with Crippen LogP contribution in [-0.4, -0.2) is 16.9 Å². The number of benzene rings is 4. The van der Waals surface area contributed by atoms with E-state index >= 15 is 0 Å². The smallest absolute Gasteiger partial charge is 0.339 e. The highest BCUT2D eigenvalue weighted by atomic mass is 16.4. The van der Waals surface area contributed by atoms with E-state index in [9.17, 15) is 14.7 Å². The van der Waals surface area contributed by atoms with E-state index in [4.69, 9.17) is 0 Å². The first-order valence-corrected chi connectivity index (χ1v) is 12.5. The van der Waals surface area contributed by atoms with Crippen LogP contribution in [0, 0.1) is 5.41 Å². The van der Waals surface area contributed by atoms with Crippen molar-refractivity contribution in [1.29, 1.82) is 0 Å². The summed E-state index contributed by atoms with van der Waals surface area (Å²) in [6.45, 7) is 0. The molecule has 2 aliphatic carbocycles. The molecule has 2 aliphatic rings. The highest BCUT2D eigenvalue weighted by Gasteiger charge is 2.48. The third-order valence-corrected chi connectivity index (χ3v) is 7.19. The molecule has 6 rings (SSSR count). The van der Waals surface area contributed by atoms with Gasteiger partial charge in [-0.1, -0.05) is 127 Å². The summed E-state index contributed by atoms with van der Waals surface area (Å²) in [6.07, 6.45) is 4.96. The molecule has 0 saturated carbocycles. The number of carboxylic acid groups (broad SMARTS) is 1. The Balaban J connectivity index is 1.84. The summed E-state index contributed by atoms with van der Waals surface area (Å²) in [5.41, 5.74) is 6.68. The van der Waals surface area contributed by atoms with E-state index in [0.717, 1.165) is 44.5 Å². The van der Waals surface area contributed by atoms with E-state index in [1.54, 1.807) is 6.08 Å². The minimum atomic E-state index is -1.23. The number of allylic oxidation sites excluding steroid dienone is 7. The maximum atomic E-state index is 12.8. The Hall–Kier alpha value is -5.02. The Bertz CT molecular complexity index is 1560. The molecule has 1 spiro atoms. The van der Waals surface area contributed by atoms with Crippen molar-refractivity contribution in [3.05, 3.63) is 167 Å². The van der Waals surface area contributed by atoms with Gasteiger partial charge in [0, 0.05) is 0 Å². The van der Waals surface area contributed by atoms with Crippen LogP contribution in [0.2, 0.25) is 0 Å². The largest absolute Gasteiger partial charge is 0.478 e. The van der Waals surface area contributed by atoms with Crippen molar-refractivity contribution >= 4 is 34.0 Å². The van der Waals surface area contributed by atoms with Crippen LogP contribution < -0.4 is 0 Å². The van der Waals surface area contributed by atoms with Gasteiger partial charge in [0.25, 0.3) is 0 Å². The number of hydrogen-bond acceptors (Lipinski definition) is 2. The Kier molecular flexibility index (Phi) is 5.82. The summed E-state index contributed by atoms with van der Waals surface area (Å²) in [5, 5.41) is 10.1. The number of hydrogen-bond donors (Lipinski definition) is 1. The van der Waals surface area contributed by atoms with Crippen molar-refractivity contribution in [3.8, 4) is 0 Å². The zero-order valence-electron chi connectivity index (χ0n) is 20.5. The molecule has 0 saturated heterocycles. The van der Waals surface area contributed by atoms with Crippen LogP contribution in [0.5, 0.6) is 0 Å². The molecule has 4 aromatic rings. The predicted molar refractivity (Wildman–Crippen MR) is 152 cm³/mol. The first-order valence-electron chi connectivity index (χ1n) is 12.5. The summed E-state index contributed by atoms with van der Waals surface area (Å²) in [6, 6.07) is 40.5. The lowest BCUT2D eigenvalue weighted by Gasteiger charge is -2.33. The molecule has 4 aromatic carbocycles. The van der Waals surface area contributed by atoms with Crippen LogP contribution in [0.15, 0.2) is 145 Å². The van der Waals surface area contributed by atoms with Crippen molar-refractivity contribution in [2.75, 3.05) is 0 Å². The third kappa shape index (κ3) is 3.77. The fourth-order valence-electron chi connectivity index (χ4n) is 5.67. The van der Waals surface area contributed by atoms with E-state index in [1.165, 1.54) is 6.08 Å². The molecule has 0 aromatic heterocycles. The first kappa shape index (κ1) is 23.4. The number of aliphatic carboxylic acids is 1. The lowest BCUT2D eigenvalue weighted by atomic mass is 9.68. The summed E-state index contributed by atoms with van der Waals surface area (Å²) in [5.74, 6) is -1.73. The minimum Gasteiger partial charge on any atom is -0.478 e. The van der Waals surface area contributed by atoms with Crippen molar-refractivity contribution in [1.82, 2.24) is 0 Å². The maximum Gasteiger partial charge on any atom is 0.339 e. The molecule has 0 amide bonds. The number of ketones is 1. The van der Waals surface area contributed by atoms with Gasteiger partial charge in [-0.25, -0.2) is 4.79 Å². The second kappa shape index (κ2) is 9.45. The number of carboxylic acids is 1. The molecule has 0 heterocycles. The van der Waals surface area contributed by atoms with Crippen LogP contribution in [0.4, 0.5) is 0 Å². The van der Waals surface area contributed by atoms with Crippen molar-refractivity contribution in [2.24, 2.45) is 5.41 Å². The van der Waals surface area contributed by atoms with Gasteiger partial charge in [-0.05, 0) is 56.7 Å². The number of rotatable bonds is 5. The molecular formula is C35H24O3. The molecule has 0 unspecified atom stereocenters. The average molecular weight is 493 g/mol. The quantitative estimate of drug-likeness (QED) is 0.296. The Labute approximate surface area is 221 Å². The van der Waals surface area contributed by atoms with Gasteiger partial charge in [-0.2, -0.15) is 0 Å². The van der Waals surface area contributed by atoms with Gasteiger partial charge in [0.1, 0.15) is 5.57 Å². The van der Waals surface area contributed by atoms with Crippen LogP contribution in [0.3, 0.4) is 0 Å². The highest BCUT2D eigenvalue weighted by molar-refractivity contribution is 6.33. The van der Waals surface area contributed by atoms with Gasteiger partial charge in [-0.15, -0.1) is 0 Å². The van der Waals surface area contributed by atoms with Crippen LogP contribution in [0.25, 0.3) is 22.3 Å². The summed E-state index contributed by atoms with van der Waals surface area (Å²) < 4.78 is 0. The second-order valence-corrected chi connectivity index (χ2v) is 9.39. The van der Waals surface area contributed by atoms with Crippen molar-refractivity contribution < 1.29 is 14.7 Å². The molecule has 38 heavy (non-hydrogen) atoms. The monoisotopic (exact) mass is 492 g/mol. The SMILES string of the molecule is O=C(O)C1=CC2(C=CC1=O)C(c1ccccc1)=C(c1ccccc1)C(c1ccccc1)=C2c1ccccc1. The molecule has 1 N–H and O–H groups in total. The Morgan fingerprint density at radius 1 is 0.553 bits per heavy atom. The molecule has 3 nitrogen and oxygen atoms in total. The lowest BCUT2D eigenvalue weighted by Crippen LogP contribution is -2.26. The van der Waals surface area contributed by atoms with Gasteiger partial charge >= 0.3 is 5.97 Å². The van der Waals surface area contributed by atoms with E-state index in [2.05, 4.69) is 48.5 Å². The molecule has 0 fully saturated rings. The van der Waals surface area contributed by atoms with E-state index in [-0.39, 0.29) is 5.57 Å². The normalized spacial score (nSPS) is 16.2. The molecular weight excluding hydrogens is 468 g/mol. The summed E-state index contributed by atoms with van der Waals surface area (Å²) in [4.78, 5) is 25.1. The third-order valence-electron chi connectivity index (χ3n) is 7.19. The molecule has 0 radical (unpaired) electrons. The minimum absolute atomic E-state index is 0.226. The van der Waals surface area contributed by atoms with Gasteiger partial charge in [0.05, 0.1) is 5.41 Å². The zero-order chi connectivity index (χ0) is 26.1. The van der Waals surface area contributed by atoms with Crippen molar-refractivity contribution in [2.45, 2.75) is 0 Å².